The predicted molar refractivity (Wildman–Crippen MR) is 86.2 cm³/mol. The molecule has 0 aliphatic heterocycles. The van der Waals surface area contributed by atoms with Crippen molar-refractivity contribution in [1.82, 2.24) is 19.9 Å². The first-order chi connectivity index (χ1) is 11.3. The zero-order valence-electron chi connectivity index (χ0n) is 12.4. The third-order valence-corrected chi connectivity index (χ3v) is 3.23. The summed E-state index contributed by atoms with van der Waals surface area (Å²) in [5, 5.41) is 2.83. The van der Waals surface area contributed by atoms with Crippen LogP contribution in [0.5, 0.6) is 0 Å². The quantitative estimate of drug-likeness (QED) is 0.710. The van der Waals surface area contributed by atoms with E-state index in [1.165, 1.54) is 6.08 Å². The van der Waals surface area contributed by atoms with E-state index in [2.05, 4.69) is 15.3 Å². The van der Waals surface area contributed by atoms with E-state index in [-0.39, 0.29) is 5.91 Å². The van der Waals surface area contributed by atoms with E-state index in [1.54, 1.807) is 43.1 Å². The van der Waals surface area contributed by atoms with Gasteiger partial charge in [-0.05, 0) is 30.3 Å². The summed E-state index contributed by atoms with van der Waals surface area (Å²) in [6.45, 7) is 1.13. The van der Waals surface area contributed by atoms with Gasteiger partial charge in [0.15, 0.2) is 0 Å². The van der Waals surface area contributed by atoms with Crippen molar-refractivity contribution in [2.75, 3.05) is 6.54 Å². The maximum absolute atomic E-state index is 11.7. The lowest BCUT2D eigenvalue weighted by Crippen LogP contribution is -2.25. The summed E-state index contributed by atoms with van der Waals surface area (Å²) in [4.78, 5) is 20.2. The summed E-state index contributed by atoms with van der Waals surface area (Å²) in [7, 11) is 0. The molecule has 0 unspecified atom stereocenters. The Kier molecular flexibility index (Phi) is 4.63. The number of furan rings is 1. The first kappa shape index (κ1) is 14.8. The minimum atomic E-state index is -0.163. The number of hydrogen-bond donors (Lipinski definition) is 1. The molecule has 23 heavy (non-hydrogen) atoms. The van der Waals surface area contributed by atoms with Crippen molar-refractivity contribution in [2.24, 2.45) is 0 Å². The van der Waals surface area contributed by atoms with E-state index in [1.807, 2.05) is 22.9 Å². The van der Waals surface area contributed by atoms with Crippen molar-refractivity contribution < 1.29 is 9.21 Å². The van der Waals surface area contributed by atoms with Crippen LogP contribution in [0.2, 0.25) is 0 Å². The summed E-state index contributed by atoms with van der Waals surface area (Å²) in [6, 6.07) is 7.39. The maximum atomic E-state index is 11.7. The number of hydrogen-bond acceptors (Lipinski definition) is 4. The lowest BCUT2D eigenvalue weighted by molar-refractivity contribution is -0.116. The second-order valence-corrected chi connectivity index (χ2v) is 4.83. The number of nitrogens with one attached hydrogen (secondary N) is 1. The molecule has 0 spiro atoms. The molecule has 6 nitrogen and oxygen atoms in total. The zero-order valence-corrected chi connectivity index (χ0v) is 12.4. The molecule has 0 aromatic carbocycles. The molecule has 0 radical (unpaired) electrons. The van der Waals surface area contributed by atoms with Crippen LogP contribution in [0.15, 0.2) is 65.8 Å². The molecule has 0 bridgehead atoms. The Labute approximate surface area is 133 Å². The lowest BCUT2D eigenvalue weighted by atomic mass is 10.3. The van der Waals surface area contributed by atoms with Crippen LogP contribution < -0.4 is 5.32 Å². The van der Waals surface area contributed by atoms with Crippen LogP contribution in [-0.2, 0) is 11.3 Å². The van der Waals surface area contributed by atoms with E-state index in [0.717, 1.165) is 11.4 Å². The molecule has 0 saturated carbocycles. The number of carbonyl (C=O) groups excluding carboxylic acids is 1. The van der Waals surface area contributed by atoms with E-state index in [0.29, 0.717) is 18.8 Å². The van der Waals surface area contributed by atoms with E-state index in [4.69, 9.17) is 4.42 Å². The van der Waals surface area contributed by atoms with Gasteiger partial charge in [0.05, 0.1) is 6.26 Å². The van der Waals surface area contributed by atoms with Gasteiger partial charge in [0.25, 0.3) is 0 Å². The molecule has 0 aliphatic carbocycles. The number of amides is 1. The van der Waals surface area contributed by atoms with Crippen molar-refractivity contribution in [3.63, 3.8) is 0 Å². The highest BCUT2D eigenvalue weighted by atomic mass is 16.3. The van der Waals surface area contributed by atoms with E-state index < -0.39 is 0 Å². The number of aromatic nitrogens is 3. The van der Waals surface area contributed by atoms with Crippen molar-refractivity contribution in [1.29, 1.82) is 0 Å². The average molecular weight is 308 g/mol. The van der Waals surface area contributed by atoms with Crippen LogP contribution in [0.3, 0.4) is 0 Å². The molecule has 0 saturated heterocycles. The number of carbonyl (C=O) groups is 1. The minimum Gasteiger partial charge on any atom is -0.465 e. The summed E-state index contributed by atoms with van der Waals surface area (Å²) < 4.78 is 7.11. The number of nitrogens with zero attached hydrogens (tertiary/aromatic N) is 3. The molecule has 1 N–H and O–H groups in total. The second-order valence-electron chi connectivity index (χ2n) is 4.83. The van der Waals surface area contributed by atoms with E-state index >= 15 is 0 Å². The third-order valence-electron chi connectivity index (χ3n) is 3.23. The monoisotopic (exact) mass is 308 g/mol. The maximum Gasteiger partial charge on any atom is 0.244 e. The average Bonchev–Trinajstić information content (AvgIpc) is 3.25. The SMILES string of the molecule is O=C(/C=C/c1ccco1)NCCn1ccnc1-c1cccnc1. The normalized spacial score (nSPS) is 11.0. The van der Waals surface area contributed by atoms with Crippen LogP contribution in [0.1, 0.15) is 5.76 Å². The summed E-state index contributed by atoms with van der Waals surface area (Å²) >= 11 is 0. The molecule has 6 heteroatoms. The van der Waals surface area contributed by atoms with Crippen molar-refractivity contribution in [3.05, 3.63) is 67.2 Å². The molecule has 3 rings (SSSR count). The van der Waals surface area contributed by atoms with Gasteiger partial charge in [-0.25, -0.2) is 4.98 Å². The van der Waals surface area contributed by atoms with Gasteiger partial charge < -0.3 is 14.3 Å². The molecule has 116 valence electrons. The number of rotatable bonds is 6. The molecule has 3 heterocycles. The van der Waals surface area contributed by atoms with Crippen molar-refractivity contribution in [2.45, 2.75) is 6.54 Å². The highest BCUT2D eigenvalue weighted by molar-refractivity contribution is 5.91. The molecular formula is C17H16N4O2. The minimum absolute atomic E-state index is 0.163. The predicted octanol–water partition coefficient (Wildman–Crippen LogP) is 2.37. The second kappa shape index (κ2) is 7.22. The Balaban J connectivity index is 1.54. The largest absolute Gasteiger partial charge is 0.465 e. The molecule has 3 aromatic rings. The van der Waals surface area contributed by atoms with Gasteiger partial charge in [-0.1, -0.05) is 0 Å². The van der Waals surface area contributed by atoms with Gasteiger partial charge >= 0.3 is 0 Å². The zero-order chi connectivity index (χ0) is 15.9. The molecule has 0 fully saturated rings. The van der Waals surface area contributed by atoms with Gasteiger partial charge in [0.2, 0.25) is 5.91 Å². The fourth-order valence-electron chi connectivity index (χ4n) is 2.15. The Hall–Kier alpha value is -3.15. The molecule has 0 atom stereocenters. The van der Waals surface area contributed by atoms with Crippen LogP contribution >= 0.6 is 0 Å². The summed E-state index contributed by atoms with van der Waals surface area (Å²) in [6.07, 6.45) is 11.8. The van der Waals surface area contributed by atoms with Crippen molar-refractivity contribution >= 4 is 12.0 Å². The van der Waals surface area contributed by atoms with Gasteiger partial charge in [-0.15, -0.1) is 0 Å². The summed E-state index contributed by atoms with van der Waals surface area (Å²) in [5.74, 6) is 1.32. The Morgan fingerprint density at radius 1 is 1.30 bits per heavy atom. The van der Waals surface area contributed by atoms with Crippen LogP contribution in [0.4, 0.5) is 0 Å². The Morgan fingerprint density at radius 3 is 3.04 bits per heavy atom. The fraction of sp³-hybridized carbons (Fsp3) is 0.118. The fourth-order valence-corrected chi connectivity index (χ4v) is 2.15. The number of imidazole rings is 1. The van der Waals surface area contributed by atoms with E-state index in [9.17, 15) is 4.79 Å². The highest BCUT2D eigenvalue weighted by Crippen LogP contribution is 2.15. The Bertz CT molecular complexity index is 776. The van der Waals surface area contributed by atoms with Crippen molar-refractivity contribution in [3.8, 4) is 11.4 Å². The first-order valence-electron chi connectivity index (χ1n) is 7.24. The smallest absolute Gasteiger partial charge is 0.244 e. The Morgan fingerprint density at radius 2 is 2.26 bits per heavy atom. The molecule has 1 amide bonds. The first-order valence-corrected chi connectivity index (χ1v) is 7.24. The lowest BCUT2D eigenvalue weighted by Gasteiger charge is -2.08. The topological polar surface area (TPSA) is 73.0 Å². The molecule has 3 aromatic heterocycles. The van der Waals surface area contributed by atoms with Crippen LogP contribution in [0.25, 0.3) is 17.5 Å². The number of pyridine rings is 1. The standard InChI is InChI=1S/C17H16N4O2/c22-16(6-5-15-4-2-12-23-15)19-8-10-21-11-9-20-17(21)14-3-1-7-18-13-14/h1-7,9,11-13H,8,10H2,(H,19,22)/b6-5+. The van der Waals surface area contributed by atoms with Crippen LogP contribution in [0, 0.1) is 0 Å². The summed E-state index contributed by atoms with van der Waals surface area (Å²) in [5.41, 5.74) is 0.946. The molecular weight excluding hydrogens is 292 g/mol. The van der Waals surface area contributed by atoms with Crippen LogP contribution in [-0.4, -0.2) is 27.0 Å². The van der Waals surface area contributed by atoms with Gasteiger partial charge in [-0.2, -0.15) is 0 Å². The van der Waals surface area contributed by atoms with Gasteiger partial charge in [0, 0.05) is 49.5 Å². The van der Waals surface area contributed by atoms with Gasteiger partial charge in [0.1, 0.15) is 11.6 Å². The highest BCUT2D eigenvalue weighted by Gasteiger charge is 2.05. The van der Waals surface area contributed by atoms with Gasteiger partial charge in [-0.3, -0.25) is 9.78 Å². The molecule has 0 aliphatic rings. The third kappa shape index (κ3) is 3.94.